The van der Waals surface area contributed by atoms with E-state index in [2.05, 4.69) is 17.6 Å². The minimum absolute atomic E-state index is 0.111. The normalized spacial score (nSPS) is 11.5. The van der Waals surface area contributed by atoms with E-state index >= 15 is 0 Å². The summed E-state index contributed by atoms with van der Waals surface area (Å²) < 4.78 is 10.8. The second kappa shape index (κ2) is 8.82. The molecular weight excluding hydrogens is 304 g/mol. The highest BCUT2D eigenvalue weighted by Crippen LogP contribution is 2.18. The number of amides is 1. The molecule has 5 heteroatoms. The van der Waals surface area contributed by atoms with Crippen molar-refractivity contribution in [2.45, 2.75) is 26.4 Å². The van der Waals surface area contributed by atoms with Crippen molar-refractivity contribution in [1.29, 1.82) is 0 Å². The number of carbonyl (C=O) groups excluding carboxylic acids is 1. The Morgan fingerprint density at radius 1 is 1.00 bits per heavy atom. The molecule has 128 valence electrons. The van der Waals surface area contributed by atoms with Crippen LogP contribution in [-0.2, 0) is 4.79 Å². The maximum Gasteiger partial charge on any atom is 0.243 e. The Labute approximate surface area is 143 Å². The van der Waals surface area contributed by atoms with E-state index in [0.717, 1.165) is 29.3 Å². The molecule has 1 unspecified atom stereocenters. The maximum atomic E-state index is 12.0. The molecule has 0 aliphatic carbocycles. The Balaban J connectivity index is 1.80. The molecule has 0 fully saturated rings. The van der Waals surface area contributed by atoms with Gasteiger partial charge in [-0.2, -0.15) is 0 Å². The summed E-state index contributed by atoms with van der Waals surface area (Å²) in [6.45, 7) is 4.31. The monoisotopic (exact) mass is 328 g/mol. The maximum absolute atomic E-state index is 12.0. The molecule has 0 radical (unpaired) electrons. The predicted molar refractivity (Wildman–Crippen MR) is 96.9 cm³/mol. The number of benzene rings is 2. The summed E-state index contributed by atoms with van der Waals surface area (Å²) in [6, 6.07) is 14.8. The van der Waals surface area contributed by atoms with Crippen LogP contribution in [0.4, 0.5) is 11.4 Å². The minimum Gasteiger partial charge on any atom is -0.497 e. The van der Waals surface area contributed by atoms with Crippen LogP contribution in [0.2, 0.25) is 0 Å². The van der Waals surface area contributed by atoms with Crippen LogP contribution in [0, 0.1) is 0 Å². The van der Waals surface area contributed by atoms with Crippen LogP contribution >= 0.6 is 0 Å². The van der Waals surface area contributed by atoms with E-state index in [9.17, 15) is 4.79 Å². The van der Waals surface area contributed by atoms with E-state index in [0.29, 0.717) is 0 Å². The highest BCUT2D eigenvalue weighted by molar-refractivity contribution is 5.93. The van der Waals surface area contributed by atoms with Gasteiger partial charge in [0, 0.05) is 11.4 Å². The molecule has 5 nitrogen and oxygen atoms in total. The van der Waals surface area contributed by atoms with E-state index < -0.39 is 0 Å². The molecule has 0 saturated carbocycles. The zero-order valence-corrected chi connectivity index (χ0v) is 14.3. The minimum atomic E-state index is -0.111. The van der Waals surface area contributed by atoms with Crippen molar-refractivity contribution in [2.24, 2.45) is 0 Å². The molecule has 1 amide bonds. The third kappa shape index (κ3) is 5.50. The highest BCUT2D eigenvalue weighted by Gasteiger charge is 2.04. The molecule has 0 saturated heterocycles. The Morgan fingerprint density at radius 3 is 2.17 bits per heavy atom. The van der Waals surface area contributed by atoms with E-state index in [-0.39, 0.29) is 18.6 Å². The largest absolute Gasteiger partial charge is 0.497 e. The molecule has 0 bridgehead atoms. The van der Waals surface area contributed by atoms with E-state index in [1.807, 2.05) is 31.2 Å². The van der Waals surface area contributed by atoms with Gasteiger partial charge in [-0.15, -0.1) is 0 Å². The first-order chi connectivity index (χ1) is 11.6. The van der Waals surface area contributed by atoms with Crippen molar-refractivity contribution in [3.8, 4) is 11.5 Å². The van der Waals surface area contributed by atoms with Gasteiger partial charge in [0.15, 0.2) is 0 Å². The first-order valence-corrected chi connectivity index (χ1v) is 8.05. The standard InChI is InChI=1S/C19H24N2O3/c1-4-14(2)24-18-11-5-15(6-12-18)20-13-19(22)21-16-7-9-17(23-3)10-8-16/h5-12,14,20H,4,13H2,1-3H3,(H,21,22). The van der Waals surface area contributed by atoms with E-state index in [4.69, 9.17) is 9.47 Å². The summed E-state index contributed by atoms with van der Waals surface area (Å²) >= 11 is 0. The summed E-state index contributed by atoms with van der Waals surface area (Å²) in [5.74, 6) is 1.48. The van der Waals surface area contributed by atoms with Crippen molar-refractivity contribution in [2.75, 3.05) is 24.3 Å². The van der Waals surface area contributed by atoms with Crippen LogP contribution in [0.25, 0.3) is 0 Å². The van der Waals surface area contributed by atoms with Crippen molar-refractivity contribution in [3.05, 3.63) is 48.5 Å². The molecule has 0 aromatic heterocycles. The average molecular weight is 328 g/mol. The lowest BCUT2D eigenvalue weighted by molar-refractivity contribution is -0.114. The Morgan fingerprint density at radius 2 is 1.58 bits per heavy atom. The fourth-order valence-corrected chi connectivity index (χ4v) is 2.03. The summed E-state index contributed by atoms with van der Waals surface area (Å²) in [5, 5.41) is 5.92. The van der Waals surface area contributed by atoms with Crippen LogP contribution < -0.4 is 20.1 Å². The summed E-state index contributed by atoms with van der Waals surface area (Å²) in [6.07, 6.45) is 1.16. The zero-order chi connectivity index (χ0) is 17.4. The number of anilines is 2. The number of methoxy groups -OCH3 is 1. The molecule has 2 aromatic carbocycles. The van der Waals surface area contributed by atoms with Crippen molar-refractivity contribution in [3.63, 3.8) is 0 Å². The fraction of sp³-hybridized carbons (Fsp3) is 0.316. The number of hydrogen-bond acceptors (Lipinski definition) is 4. The quantitative estimate of drug-likeness (QED) is 0.771. The molecule has 0 spiro atoms. The number of nitrogens with one attached hydrogen (secondary N) is 2. The second-order valence-electron chi connectivity index (χ2n) is 5.49. The Hall–Kier alpha value is -2.69. The number of rotatable bonds is 8. The zero-order valence-electron chi connectivity index (χ0n) is 14.3. The van der Waals surface area contributed by atoms with Crippen molar-refractivity contribution < 1.29 is 14.3 Å². The van der Waals surface area contributed by atoms with Gasteiger partial charge in [-0.05, 0) is 61.9 Å². The van der Waals surface area contributed by atoms with Gasteiger partial charge < -0.3 is 20.1 Å². The van der Waals surface area contributed by atoms with E-state index in [1.54, 1.807) is 31.4 Å². The van der Waals surface area contributed by atoms with Crippen LogP contribution in [-0.4, -0.2) is 25.7 Å². The first kappa shape index (κ1) is 17.7. The van der Waals surface area contributed by atoms with Gasteiger partial charge in [0.25, 0.3) is 0 Å². The van der Waals surface area contributed by atoms with Crippen molar-refractivity contribution in [1.82, 2.24) is 0 Å². The fourth-order valence-electron chi connectivity index (χ4n) is 2.03. The van der Waals surface area contributed by atoms with Crippen LogP contribution in [0.3, 0.4) is 0 Å². The molecule has 2 aromatic rings. The number of ether oxygens (including phenoxy) is 2. The average Bonchev–Trinajstić information content (AvgIpc) is 2.61. The third-order valence-corrected chi connectivity index (χ3v) is 3.59. The molecule has 0 aliphatic rings. The smallest absolute Gasteiger partial charge is 0.243 e. The van der Waals surface area contributed by atoms with Crippen LogP contribution in [0.1, 0.15) is 20.3 Å². The van der Waals surface area contributed by atoms with Crippen molar-refractivity contribution >= 4 is 17.3 Å². The van der Waals surface area contributed by atoms with Gasteiger partial charge in [0.05, 0.1) is 19.8 Å². The Bertz CT molecular complexity index is 639. The molecular formula is C19H24N2O3. The van der Waals surface area contributed by atoms with Gasteiger partial charge in [-0.3, -0.25) is 4.79 Å². The lowest BCUT2D eigenvalue weighted by atomic mass is 10.2. The predicted octanol–water partition coefficient (Wildman–Crippen LogP) is 3.92. The van der Waals surface area contributed by atoms with Crippen LogP contribution in [0.5, 0.6) is 11.5 Å². The Kier molecular flexibility index (Phi) is 6.49. The molecule has 0 heterocycles. The van der Waals surface area contributed by atoms with Gasteiger partial charge >= 0.3 is 0 Å². The number of hydrogen-bond donors (Lipinski definition) is 2. The lowest BCUT2D eigenvalue weighted by Gasteiger charge is -2.13. The van der Waals surface area contributed by atoms with Gasteiger partial charge in [0.2, 0.25) is 5.91 Å². The first-order valence-electron chi connectivity index (χ1n) is 8.05. The number of carbonyl (C=O) groups is 1. The SMILES string of the molecule is CCC(C)Oc1ccc(NCC(=O)Nc2ccc(OC)cc2)cc1. The molecule has 2 N–H and O–H groups in total. The third-order valence-electron chi connectivity index (χ3n) is 3.59. The highest BCUT2D eigenvalue weighted by atomic mass is 16.5. The van der Waals surface area contributed by atoms with Gasteiger partial charge in [0.1, 0.15) is 11.5 Å². The lowest BCUT2D eigenvalue weighted by Crippen LogP contribution is -2.21. The van der Waals surface area contributed by atoms with Crippen LogP contribution in [0.15, 0.2) is 48.5 Å². The molecule has 0 aliphatic heterocycles. The molecule has 24 heavy (non-hydrogen) atoms. The molecule has 2 rings (SSSR count). The summed E-state index contributed by atoms with van der Waals surface area (Å²) in [5.41, 5.74) is 1.61. The second-order valence-corrected chi connectivity index (χ2v) is 5.49. The summed E-state index contributed by atoms with van der Waals surface area (Å²) in [7, 11) is 1.61. The van der Waals surface area contributed by atoms with E-state index in [1.165, 1.54) is 0 Å². The molecule has 1 atom stereocenters. The van der Waals surface area contributed by atoms with Gasteiger partial charge in [-0.25, -0.2) is 0 Å². The summed E-state index contributed by atoms with van der Waals surface area (Å²) in [4.78, 5) is 12.0. The topological polar surface area (TPSA) is 59.6 Å². The van der Waals surface area contributed by atoms with Gasteiger partial charge in [-0.1, -0.05) is 6.92 Å².